The number of benzene rings is 2. The van der Waals surface area contributed by atoms with Crippen LogP contribution in [0.2, 0.25) is 0 Å². The lowest BCUT2D eigenvalue weighted by Gasteiger charge is -2.28. The number of unbranched alkanes of at least 4 members (excludes halogenated alkanes) is 2. The van der Waals surface area contributed by atoms with E-state index in [-0.39, 0.29) is 0 Å². The van der Waals surface area contributed by atoms with E-state index in [1.54, 1.807) is 0 Å². The first kappa shape index (κ1) is 21.0. The van der Waals surface area contributed by atoms with Gasteiger partial charge in [0.05, 0.1) is 0 Å². The molecule has 0 aromatic heterocycles. The van der Waals surface area contributed by atoms with E-state index < -0.39 is 0 Å². The summed E-state index contributed by atoms with van der Waals surface area (Å²) in [5, 5.41) is 0. The monoisotopic (exact) mass is 378 g/mol. The minimum atomic E-state index is 0.651. The van der Waals surface area contributed by atoms with Gasteiger partial charge < -0.3 is 4.74 Å². The van der Waals surface area contributed by atoms with Crippen molar-refractivity contribution in [1.29, 1.82) is 0 Å². The summed E-state index contributed by atoms with van der Waals surface area (Å²) in [5.41, 5.74) is 4.20. The molecule has 1 heteroatoms. The molecule has 0 atom stereocenters. The van der Waals surface area contributed by atoms with Crippen molar-refractivity contribution in [3.8, 4) is 5.75 Å². The molecule has 0 unspecified atom stereocenters. The van der Waals surface area contributed by atoms with Gasteiger partial charge in [0.1, 0.15) is 12.4 Å². The minimum Gasteiger partial charge on any atom is -0.489 e. The number of aryl methyl sites for hydroxylation is 1. The maximum Gasteiger partial charge on any atom is 0.119 e. The molecule has 0 heterocycles. The highest BCUT2D eigenvalue weighted by molar-refractivity contribution is 5.29. The predicted molar refractivity (Wildman–Crippen MR) is 120 cm³/mol. The van der Waals surface area contributed by atoms with Crippen LogP contribution in [0.25, 0.3) is 0 Å². The summed E-state index contributed by atoms with van der Waals surface area (Å²) in [5.74, 6) is 2.72. The van der Waals surface area contributed by atoms with E-state index in [1.807, 2.05) is 0 Å². The van der Waals surface area contributed by atoms with Gasteiger partial charge in [-0.1, -0.05) is 75.9 Å². The largest absolute Gasteiger partial charge is 0.489 e. The second-order valence-corrected chi connectivity index (χ2v) is 8.64. The van der Waals surface area contributed by atoms with Gasteiger partial charge in [-0.3, -0.25) is 0 Å². The van der Waals surface area contributed by atoms with Crippen LogP contribution < -0.4 is 4.74 Å². The van der Waals surface area contributed by atoms with Crippen molar-refractivity contribution in [1.82, 2.24) is 0 Å². The highest BCUT2D eigenvalue weighted by atomic mass is 16.5. The van der Waals surface area contributed by atoms with Crippen molar-refractivity contribution in [3.63, 3.8) is 0 Å². The van der Waals surface area contributed by atoms with Crippen LogP contribution in [0, 0.1) is 5.92 Å². The van der Waals surface area contributed by atoms with Gasteiger partial charge in [-0.2, -0.15) is 0 Å². The second-order valence-electron chi connectivity index (χ2n) is 8.64. The van der Waals surface area contributed by atoms with Gasteiger partial charge in [0.25, 0.3) is 0 Å². The molecule has 152 valence electrons. The zero-order chi connectivity index (χ0) is 19.6. The van der Waals surface area contributed by atoms with Crippen molar-refractivity contribution >= 4 is 0 Å². The van der Waals surface area contributed by atoms with Gasteiger partial charge in [-0.25, -0.2) is 0 Å². The maximum absolute atomic E-state index is 6.00. The molecule has 0 saturated heterocycles. The van der Waals surface area contributed by atoms with Crippen LogP contribution in [0.4, 0.5) is 0 Å². The Kier molecular flexibility index (Phi) is 8.45. The molecule has 1 aliphatic carbocycles. The van der Waals surface area contributed by atoms with Crippen LogP contribution >= 0.6 is 0 Å². The number of ether oxygens (including phenoxy) is 1. The van der Waals surface area contributed by atoms with Gasteiger partial charge in [0.2, 0.25) is 0 Å². The van der Waals surface area contributed by atoms with E-state index in [9.17, 15) is 0 Å². The smallest absolute Gasteiger partial charge is 0.119 e. The van der Waals surface area contributed by atoms with Gasteiger partial charge in [0, 0.05) is 0 Å². The van der Waals surface area contributed by atoms with Gasteiger partial charge in [0.15, 0.2) is 0 Å². The van der Waals surface area contributed by atoms with E-state index in [0.29, 0.717) is 6.61 Å². The van der Waals surface area contributed by atoms with Gasteiger partial charge >= 0.3 is 0 Å². The van der Waals surface area contributed by atoms with Crippen molar-refractivity contribution in [2.24, 2.45) is 5.92 Å². The Bertz CT molecular complexity index is 662. The maximum atomic E-state index is 6.00. The van der Waals surface area contributed by atoms with Crippen LogP contribution in [0.3, 0.4) is 0 Å². The summed E-state index contributed by atoms with van der Waals surface area (Å²) >= 11 is 0. The highest BCUT2D eigenvalue weighted by Crippen LogP contribution is 2.37. The summed E-state index contributed by atoms with van der Waals surface area (Å²) in [7, 11) is 0. The molecule has 0 amide bonds. The first-order valence-corrected chi connectivity index (χ1v) is 11.6. The van der Waals surface area contributed by atoms with E-state index in [1.165, 1.54) is 80.9 Å². The molecule has 1 saturated carbocycles. The first-order chi connectivity index (χ1) is 13.8. The molecule has 3 rings (SSSR count). The third-order valence-electron chi connectivity index (χ3n) is 6.39. The Morgan fingerprint density at radius 3 is 2.07 bits per heavy atom. The van der Waals surface area contributed by atoms with Crippen LogP contribution in [0.15, 0.2) is 48.5 Å². The van der Waals surface area contributed by atoms with Crippen LogP contribution in [-0.4, -0.2) is 0 Å². The molecule has 0 N–H and O–H groups in total. The Hall–Kier alpha value is -1.76. The summed E-state index contributed by atoms with van der Waals surface area (Å²) in [6, 6.07) is 17.8. The van der Waals surface area contributed by atoms with Crippen molar-refractivity contribution in [3.05, 3.63) is 65.2 Å². The second kappa shape index (κ2) is 11.3. The number of hydrogen-bond acceptors (Lipinski definition) is 1. The zero-order valence-corrected chi connectivity index (χ0v) is 18.0. The van der Waals surface area contributed by atoms with Crippen LogP contribution in [-0.2, 0) is 13.0 Å². The molecule has 2 aromatic carbocycles. The fraction of sp³-hybridized carbons (Fsp3) is 0.556. The number of rotatable bonds is 10. The summed E-state index contributed by atoms with van der Waals surface area (Å²) in [4.78, 5) is 0. The fourth-order valence-electron chi connectivity index (χ4n) is 4.58. The Balaban J connectivity index is 1.44. The van der Waals surface area contributed by atoms with E-state index >= 15 is 0 Å². The van der Waals surface area contributed by atoms with E-state index in [2.05, 4.69) is 62.4 Å². The zero-order valence-electron chi connectivity index (χ0n) is 18.0. The summed E-state index contributed by atoms with van der Waals surface area (Å²) in [6.45, 7) is 5.22. The van der Waals surface area contributed by atoms with Gasteiger partial charge in [-0.05, 0) is 79.2 Å². The quantitative estimate of drug-likeness (QED) is 0.380. The topological polar surface area (TPSA) is 9.23 Å². The Morgan fingerprint density at radius 2 is 1.43 bits per heavy atom. The molecule has 1 aliphatic rings. The predicted octanol–water partition coefficient (Wildman–Crippen LogP) is 8.07. The molecule has 2 aromatic rings. The summed E-state index contributed by atoms with van der Waals surface area (Å²) in [6.07, 6.45) is 13.4. The SMILES string of the molecule is CCCCCc1ccc(OCc2ccc(C3CCC(CCC)CC3)cc2)cc1. The molecule has 0 spiro atoms. The average Bonchev–Trinajstić information content (AvgIpc) is 2.75. The standard InChI is InChI=1S/C27H38O/c1-3-5-6-8-23-13-19-27(20-14-23)28-21-24-11-17-26(18-12-24)25-15-9-22(7-4-2)10-16-25/h11-14,17-20,22,25H,3-10,15-16,21H2,1-2H3. The van der Waals surface area contributed by atoms with E-state index in [0.717, 1.165) is 17.6 Å². The van der Waals surface area contributed by atoms with E-state index in [4.69, 9.17) is 4.74 Å². The fourth-order valence-corrected chi connectivity index (χ4v) is 4.58. The minimum absolute atomic E-state index is 0.651. The molecular weight excluding hydrogens is 340 g/mol. The third kappa shape index (κ3) is 6.40. The van der Waals surface area contributed by atoms with Crippen molar-refractivity contribution < 1.29 is 4.74 Å². The molecule has 1 fully saturated rings. The third-order valence-corrected chi connectivity index (χ3v) is 6.39. The lowest BCUT2D eigenvalue weighted by molar-refractivity contribution is 0.304. The highest BCUT2D eigenvalue weighted by Gasteiger charge is 2.21. The lowest BCUT2D eigenvalue weighted by atomic mass is 9.77. The molecule has 0 bridgehead atoms. The molecule has 28 heavy (non-hydrogen) atoms. The van der Waals surface area contributed by atoms with Crippen molar-refractivity contribution in [2.45, 2.75) is 90.6 Å². The summed E-state index contributed by atoms with van der Waals surface area (Å²) < 4.78 is 6.00. The van der Waals surface area contributed by atoms with Crippen molar-refractivity contribution in [2.75, 3.05) is 0 Å². The van der Waals surface area contributed by atoms with Crippen LogP contribution in [0.1, 0.15) is 94.2 Å². The first-order valence-electron chi connectivity index (χ1n) is 11.6. The Morgan fingerprint density at radius 1 is 0.750 bits per heavy atom. The van der Waals surface area contributed by atoms with Gasteiger partial charge in [-0.15, -0.1) is 0 Å². The molecule has 0 aliphatic heterocycles. The van der Waals surface area contributed by atoms with Crippen LogP contribution in [0.5, 0.6) is 5.75 Å². The lowest BCUT2D eigenvalue weighted by Crippen LogP contribution is -2.13. The number of hydrogen-bond donors (Lipinski definition) is 0. The Labute approximate surface area is 172 Å². The molecule has 1 nitrogen and oxygen atoms in total. The normalized spacial score (nSPS) is 19.5. The molecule has 0 radical (unpaired) electrons. The molecular formula is C27H38O. The average molecular weight is 379 g/mol.